The molecular weight excluding hydrogens is 256 g/mol. The van der Waals surface area contributed by atoms with Gasteiger partial charge in [-0.2, -0.15) is 0 Å². The molecule has 19 heavy (non-hydrogen) atoms. The SMILES string of the molecule is S=c1ncn(-c2ccccc2)n1CN1CCCCC1. The van der Waals surface area contributed by atoms with Crippen molar-refractivity contribution >= 4 is 12.2 Å². The third kappa shape index (κ3) is 2.77. The van der Waals surface area contributed by atoms with Crippen molar-refractivity contribution in [3.05, 3.63) is 41.4 Å². The number of hydrogen-bond donors (Lipinski definition) is 0. The molecule has 3 rings (SSSR count). The van der Waals surface area contributed by atoms with Crippen LogP contribution < -0.4 is 0 Å². The van der Waals surface area contributed by atoms with Gasteiger partial charge < -0.3 is 0 Å². The number of rotatable bonds is 3. The van der Waals surface area contributed by atoms with Crippen LogP contribution in [0.3, 0.4) is 0 Å². The van der Waals surface area contributed by atoms with Crippen molar-refractivity contribution in [2.24, 2.45) is 0 Å². The van der Waals surface area contributed by atoms with Crippen LogP contribution in [0.5, 0.6) is 0 Å². The molecular formula is C14H18N4S. The Bertz CT molecular complexity index is 581. The number of hydrogen-bond acceptors (Lipinski definition) is 3. The highest BCUT2D eigenvalue weighted by Gasteiger charge is 2.13. The molecule has 0 amide bonds. The standard InChI is InChI=1S/C14H18N4S/c19-14-15-11-17(13-7-3-1-4-8-13)18(14)12-16-9-5-2-6-10-16/h1,3-4,7-8,11H,2,5-6,9-10,12H2. The van der Waals surface area contributed by atoms with Gasteiger partial charge >= 0.3 is 0 Å². The fourth-order valence-electron chi connectivity index (χ4n) is 2.53. The minimum atomic E-state index is 0.648. The van der Waals surface area contributed by atoms with Gasteiger partial charge in [0, 0.05) is 0 Å². The van der Waals surface area contributed by atoms with Crippen molar-refractivity contribution in [2.75, 3.05) is 13.1 Å². The Hall–Kier alpha value is -1.46. The Morgan fingerprint density at radius 2 is 1.79 bits per heavy atom. The van der Waals surface area contributed by atoms with Gasteiger partial charge in [-0.3, -0.25) is 4.90 Å². The van der Waals surface area contributed by atoms with Crippen LogP contribution in [0.1, 0.15) is 19.3 Å². The van der Waals surface area contributed by atoms with Crippen LogP contribution in [-0.4, -0.2) is 32.3 Å². The first-order valence-electron chi connectivity index (χ1n) is 6.77. The van der Waals surface area contributed by atoms with Crippen LogP contribution in [0.2, 0.25) is 0 Å². The topological polar surface area (TPSA) is 26.0 Å². The summed E-state index contributed by atoms with van der Waals surface area (Å²) in [6, 6.07) is 10.2. The van der Waals surface area contributed by atoms with Crippen LogP contribution in [0, 0.1) is 4.77 Å². The molecule has 0 N–H and O–H groups in total. The molecule has 5 heteroatoms. The fourth-order valence-corrected chi connectivity index (χ4v) is 2.72. The van der Waals surface area contributed by atoms with Crippen molar-refractivity contribution < 1.29 is 0 Å². The van der Waals surface area contributed by atoms with E-state index in [0.717, 1.165) is 25.4 Å². The lowest BCUT2D eigenvalue weighted by Crippen LogP contribution is -2.33. The van der Waals surface area contributed by atoms with E-state index in [1.54, 1.807) is 0 Å². The van der Waals surface area contributed by atoms with Gasteiger partial charge in [0.05, 0.1) is 12.4 Å². The molecule has 1 aliphatic heterocycles. The van der Waals surface area contributed by atoms with Gasteiger partial charge in [0.2, 0.25) is 4.77 Å². The van der Waals surface area contributed by atoms with Crippen LogP contribution in [-0.2, 0) is 6.67 Å². The second kappa shape index (κ2) is 5.67. The first-order valence-corrected chi connectivity index (χ1v) is 7.18. The minimum absolute atomic E-state index is 0.648. The highest BCUT2D eigenvalue weighted by Crippen LogP contribution is 2.12. The monoisotopic (exact) mass is 274 g/mol. The largest absolute Gasteiger partial charge is 0.284 e. The van der Waals surface area contributed by atoms with E-state index in [-0.39, 0.29) is 0 Å². The highest BCUT2D eigenvalue weighted by molar-refractivity contribution is 7.71. The molecule has 0 aliphatic carbocycles. The summed E-state index contributed by atoms with van der Waals surface area (Å²) in [5.41, 5.74) is 1.10. The Morgan fingerprint density at radius 1 is 1.05 bits per heavy atom. The van der Waals surface area contributed by atoms with E-state index < -0.39 is 0 Å². The lowest BCUT2D eigenvalue weighted by Gasteiger charge is -2.27. The van der Waals surface area contributed by atoms with Crippen molar-refractivity contribution in [2.45, 2.75) is 25.9 Å². The molecule has 2 heterocycles. The highest BCUT2D eigenvalue weighted by atomic mass is 32.1. The van der Waals surface area contributed by atoms with E-state index in [4.69, 9.17) is 12.2 Å². The quantitative estimate of drug-likeness (QED) is 0.805. The van der Waals surface area contributed by atoms with Crippen LogP contribution in [0.25, 0.3) is 5.69 Å². The van der Waals surface area contributed by atoms with Gasteiger partial charge in [0.25, 0.3) is 0 Å². The minimum Gasteiger partial charge on any atom is -0.284 e. The third-order valence-electron chi connectivity index (χ3n) is 3.56. The maximum absolute atomic E-state index is 5.35. The zero-order chi connectivity index (χ0) is 13.1. The van der Waals surface area contributed by atoms with Crippen LogP contribution in [0.15, 0.2) is 36.7 Å². The zero-order valence-electron chi connectivity index (χ0n) is 10.9. The van der Waals surface area contributed by atoms with E-state index in [1.807, 2.05) is 29.2 Å². The normalized spacial score (nSPS) is 16.6. The van der Waals surface area contributed by atoms with Crippen molar-refractivity contribution in [3.63, 3.8) is 0 Å². The van der Waals surface area contributed by atoms with Crippen LogP contribution >= 0.6 is 12.2 Å². The molecule has 0 atom stereocenters. The molecule has 0 spiro atoms. The van der Waals surface area contributed by atoms with Crippen molar-refractivity contribution in [3.8, 4) is 5.69 Å². The van der Waals surface area contributed by atoms with Crippen molar-refractivity contribution in [1.29, 1.82) is 0 Å². The van der Waals surface area contributed by atoms with Gasteiger partial charge in [-0.15, -0.1) is 0 Å². The van der Waals surface area contributed by atoms with Gasteiger partial charge in [-0.1, -0.05) is 24.6 Å². The molecule has 0 bridgehead atoms. The maximum Gasteiger partial charge on any atom is 0.217 e. The average Bonchev–Trinajstić information content (AvgIpc) is 2.82. The zero-order valence-corrected chi connectivity index (χ0v) is 11.7. The smallest absolute Gasteiger partial charge is 0.217 e. The molecule has 1 fully saturated rings. The summed E-state index contributed by atoms with van der Waals surface area (Å²) in [6.07, 6.45) is 5.72. The molecule has 100 valence electrons. The number of likely N-dealkylation sites (tertiary alicyclic amines) is 1. The van der Waals surface area contributed by atoms with E-state index in [0.29, 0.717) is 4.77 Å². The van der Waals surface area contributed by atoms with E-state index in [1.165, 1.54) is 19.3 Å². The third-order valence-corrected chi connectivity index (χ3v) is 3.88. The Labute approximate surface area is 118 Å². The molecule has 4 nitrogen and oxygen atoms in total. The summed E-state index contributed by atoms with van der Waals surface area (Å²) >= 11 is 5.35. The number of nitrogens with zero attached hydrogens (tertiary/aromatic N) is 4. The summed E-state index contributed by atoms with van der Waals surface area (Å²) in [5.74, 6) is 0. The molecule has 1 aliphatic rings. The molecule has 0 unspecified atom stereocenters. The average molecular weight is 274 g/mol. The molecule has 0 saturated carbocycles. The fraction of sp³-hybridized carbons (Fsp3) is 0.429. The molecule has 1 saturated heterocycles. The molecule has 0 radical (unpaired) electrons. The first kappa shape index (κ1) is 12.6. The van der Waals surface area contributed by atoms with E-state index in [9.17, 15) is 0 Å². The predicted molar refractivity (Wildman–Crippen MR) is 77.8 cm³/mol. The summed E-state index contributed by atoms with van der Waals surface area (Å²) < 4.78 is 4.75. The first-order chi connectivity index (χ1) is 9.34. The Balaban J connectivity index is 1.88. The second-order valence-electron chi connectivity index (χ2n) is 4.93. The maximum atomic E-state index is 5.35. The lowest BCUT2D eigenvalue weighted by molar-refractivity contribution is 0.167. The van der Waals surface area contributed by atoms with Gasteiger partial charge in [0.15, 0.2) is 0 Å². The van der Waals surface area contributed by atoms with Gasteiger partial charge in [-0.25, -0.2) is 14.3 Å². The molecule has 1 aromatic heterocycles. The lowest BCUT2D eigenvalue weighted by atomic mass is 10.1. The number of para-hydroxylation sites is 1. The summed E-state index contributed by atoms with van der Waals surface area (Å²) in [6.45, 7) is 3.14. The van der Waals surface area contributed by atoms with Crippen LogP contribution in [0.4, 0.5) is 0 Å². The summed E-state index contributed by atoms with van der Waals surface area (Å²) in [7, 11) is 0. The van der Waals surface area contributed by atoms with E-state index >= 15 is 0 Å². The number of piperidine rings is 1. The number of aromatic nitrogens is 3. The van der Waals surface area contributed by atoms with Crippen molar-refractivity contribution in [1.82, 2.24) is 19.2 Å². The second-order valence-corrected chi connectivity index (χ2v) is 5.29. The summed E-state index contributed by atoms with van der Waals surface area (Å²) in [4.78, 5) is 6.72. The van der Waals surface area contributed by atoms with Gasteiger partial charge in [0.1, 0.15) is 6.33 Å². The Kier molecular flexibility index (Phi) is 3.75. The molecule has 2 aromatic rings. The molecule has 1 aromatic carbocycles. The number of benzene rings is 1. The summed E-state index contributed by atoms with van der Waals surface area (Å²) in [5, 5.41) is 0. The van der Waals surface area contributed by atoms with E-state index in [2.05, 4.69) is 26.7 Å². The predicted octanol–water partition coefficient (Wildman–Crippen LogP) is 2.85. The van der Waals surface area contributed by atoms with Gasteiger partial charge in [-0.05, 0) is 50.3 Å². The Morgan fingerprint density at radius 3 is 2.53 bits per heavy atom.